The van der Waals surface area contributed by atoms with Gasteiger partial charge >= 0.3 is 0 Å². The molecule has 0 spiro atoms. The molecule has 100 valence electrons. The molecule has 0 aliphatic carbocycles. The van der Waals surface area contributed by atoms with Gasteiger partial charge in [-0.05, 0) is 31.2 Å². The highest BCUT2D eigenvalue weighted by atomic mass is 19.2. The monoisotopic (exact) mass is 265 g/mol. The van der Waals surface area contributed by atoms with Crippen molar-refractivity contribution >= 4 is 5.69 Å². The molecule has 19 heavy (non-hydrogen) atoms. The van der Waals surface area contributed by atoms with Crippen molar-refractivity contribution in [1.29, 1.82) is 0 Å². The van der Waals surface area contributed by atoms with E-state index in [0.29, 0.717) is 12.4 Å². The topological polar surface area (TPSA) is 44.5 Å². The number of rotatable bonds is 4. The molecule has 0 fully saturated rings. The van der Waals surface area contributed by atoms with Gasteiger partial charge in [-0.1, -0.05) is 12.1 Å². The summed E-state index contributed by atoms with van der Waals surface area (Å²) < 4.78 is 37.2. The summed E-state index contributed by atoms with van der Waals surface area (Å²) in [6.07, 6.45) is 0. The van der Waals surface area contributed by atoms with Gasteiger partial charge in [-0.2, -0.15) is 4.39 Å². The predicted molar refractivity (Wildman–Crippen MR) is 68.5 cm³/mol. The number of nitrogens with two attached hydrogens (primary N) is 1. The van der Waals surface area contributed by atoms with Crippen LogP contribution in [0, 0.1) is 11.6 Å². The Kier molecular flexibility index (Phi) is 3.85. The minimum absolute atomic E-state index is 0.218. The molecule has 0 aromatic heterocycles. The minimum Gasteiger partial charge on any atom is -0.492 e. The zero-order valence-corrected chi connectivity index (χ0v) is 10.3. The smallest absolute Gasteiger partial charge is 0.201 e. The van der Waals surface area contributed by atoms with E-state index in [1.807, 2.05) is 6.92 Å². The number of benzene rings is 2. The van der Waals surface area contributed by atoms with Crippen LogP contribution in [0.5, 0.6) is 17.2 Å². The summed E-state index contributed by atoms with van der Waals surface area (Å²) in [5.41, 5.74) is 6.08. The first-order chi connectivity index (χ1) is 9.13. The Labute approximate surface area is 109 Å². The maximum Gasteiger partial charge on any atom is 0.201 e. The van der Waals surface area contributed by atoms with Crippen LogP contribution in [0.25, 0.3) is 0 Å². The Bertz CT molecular complexity index is 588. The zero-order valence-electron chi connectivity index (χ0n) is 10.3. The lowest BCUT2D eigenvalue weighted by Crippen LogP contribution is -2.00. The third-order valence-electron chi connectivity index (χ3n) is 2.46. The van der Waals surface area contributed by atoms with E-state index in [4.69, 9.17) is 15.2 Å². The molecule has 0 bridgehead atoms. The first kappa shape index (κ1) is 13.1. The molecule has 0 saturated heterocycles. The summed E-state index contributed by atoms with van der Waals surface area (Å²) in [5.74, 6) is -1.59. The molecule has 3 nitrogen and oxygen atoms in total. The summed E-state index contributed by atoms with van der Waals surface area (Å²) in [7, 11) is 0. The van der Waals surface area contributed by atoms with Crippen molar-refractivity contribution < 1.29 is 18.3 Å². The number of hydrogen-bond donors (Lipinski definition) is 1. The molecule has 0 heterocycles. The Hall–Kier alpha value is -2.30. The van der Waals surface area contributed by atoms with E-state index in [0.717, 1.165) is 6.07 Å². The Morgan fingerprint density at radius 1 is 1.00 bits per heavy atom. The molecule has 0 aliphatic rings. The lowest BCUT2D eigenvalue weighted by Gasteiger charge is -2.12. The number of halogens is 2. The summed E-state index contributed by atoms with van der Waals surface area (Å²) in [6, 6.07) is 8.59. The Morgan fingerprint density at radius 3 is 2.37 bits per heavy atom. The van der Waals surface area contributed by atoms with Gasteiger partial charge < -0.3 is 15.2 Å². The van der Waals surface area contributed by atoms with Gasteiger partial charge in [0.05, 0.1) is 6.61 Å². The average molecular weight is 265 g/mol. The molecule has 2 N–H and O–H groups in total. The number of hydrogen-bond acceptors (Lipinski definition) is 3. The van der Waals surface area contributed by atoms with Gasteiger partial charge in [0.25, 0.3) is 0 Å². The minimum atomic E-state index is -1.05. The Morgan fingerprint density at radius 2 is 1.63 bits per heavy atom. The number of para-hydroxylation sites is 1. The quantitative estimate of drug-likeness (QED) is 0.856. The SMILES string of the molecule is CCOc1cccc(Oc2cccc(F)c2F)c1N. The Balaban J connectivity index is 2.33. The molecule has 0 atom stereocenters. The van der Waals surface area contributed by atoms with E-state index >= 15 is 0 Å². The van der Waals surface area contributed by atoms with Crippen LogP contribution in [-0.2, 0) is 0 Å². The normalized spacial score (nSPS) is 10.3. The van der Waals surface area contributed by atoms with Crippen LogP contribution < -0.4 is 15.2 Å². The lowest BCUT2D eigenvalue weighted by atomic mass is 10.2. The molecule has 0 radical (unpaired) electrons. The fraction of sp³-hybridized carbons (Fsp3) is 0.143. The lowest BCUT2D eigenvalue weighted by molar-refractivity contribution is 0.339. The van der Waals surface area contributed by atoms with Crippen molar-refractivity contribution in [3.8, 4) is 17.2 Å². The summed E-state index contributed by atoms with van der Waals surface area (Å²) in [4.78, 5) is 0. The van der Waals surface area contributed by atoms with Crippen LogP contribution in [-0.4, -0.2) is 6.61 Å². The highest BCUT2D eigenvalue weighted by Gasteiger charge is 2.13. The molecule has 5 heteroatoms. The van der Waals surface area contributed by atoms with Crippen molar-refractivity contribution in [3.05, 3.63) is 48.0 Å². The van der Waals surface area contributed by atoms with Crippen molar-refractivity contribution in [2.45, 2.75) is 6.92 Å². The van der Waals surface area contributed by atoms with Crippen molar-refractivity contribution in [3.63, 3.8) is 0 Å². The fourth-order valence-electron chi connectivity index (χ4n) is 1.58. The van der Waals surface area contributed by atoms with Gasteiger partial charge in [-0.15, -0.1) is 0 Å². The van der Waals surface area contributed by atoms with Crippen molar-refractivity contribution in [2.24, 2.45) is 0 Å². The highest BCUT2D eigenvalue weighted by molar-refractivity contribution is 5.63. The van der Waals surface area contributed by atoms with Crippen molar-refractivity contribution in [2.75, 3.05) is 12.3 Å². The van der Waals surface area contributed by atoms with Gasteiger partial charge in [0, 0.05) is 0 Å². The summed E-state index contributed by atoms with van der Waals surface area (Å²) >= 11 is 0. The fourth-order valence-corrected chi connectivity index (χ4v) is 1.58. The highest BCUT2D eigenvalue weighted by Crippen LogP contribution is 2.35. The van der Waals surface area contributed by atoms with E-state index in [2.05, 4.69) is 0 Å². The molecule has 2 aromatic rings. The van der Waals surface area contributed by atoms with E-state index in [1.165, 1.54) is 12.1 Å². The van der Waals surface area contributed by atoms with Gasteiger partial charge in [-0.3, -0.25) is 0 Å². The van der Waals surface area contributed by atoms with Crippen LogP contribution in [0.4, 0.5) is 14.5 Å². The second kappa shape index (κ2) is 5.56. The van der Waals surface area contributed by atoms with Gasteiger partial charge in [0.1, 0.15) is 11.4 Å². The second-order valence-corrected chi connectivity index (χ2v) is 3.75. The second-order valence-electron chi connectivity index (χ2n) is 3.75. The molecule has 0 amide bonds. The van der Waals surface area contributed by atoms with Crippen molar-refractivity contribution in [1.82, 2.24) is 0 Å². The molecular formula is C14H13F2NO2. The van der Waals surface area contributed by atoms with Crippen LogP contribution in [0.15, 0.2) is 36.4 Å². The number of nitrogen functional groups attached to an aromatic ring is 1. The van der Waals surface area contributed by atoms with E-state index in [1.54, 1.807) is 18.2 Å². The molecule has 0 aliphatic heterocycles. The third kappa shape index (κ3) is 2.76. The maximum absolute atomic E-state index is 13.5. The van der Waals surface area contributed by atoms with Gasteiger partial charge in [0.2, 0.25) is 5.82 Å². The first-order valence-electron chi connectivity index (χ1n) is 5.76. The predicted octanol–water partition coefficient (Wildman–Crippen LogP) is 3.74. The maximum atomic E-state index is 13.5. The van der Waals surface area contributed by atoms with Gasteiger partial charge in [-0.25, -0.2) is 4.39 Å². The van der Waals surface area contributed by atoms with E-state index < -0.39 is 11.6 Å². The van der Waals surface area contributed by atoms with Crippen LogP contribution in [0.3, 0.4) is 0 Å². The van der Waals surface area contributed by atoms with E-state index in [-0.39, 0.29) is 17.2 Å². The summed E-state index contributed by atoms with van der Waals surface area (Å²) in [5, 5.41) is 0. The summed E-state index contributed by atoms with van der Waals surface area (Å²) in [6.45, 7) is 2.27. The van der Waals surface area contributed by atoms with E-state index in [9.17, 15) is 8.78 Å². The third-order valence-corrected chi connectivity index (χ3v) is 2.46. The molecule has 0 saturated carbocycles. The van der Waals surface area contributed by atoms with Crippen LogP contribution in [0.1, 0.15) is 6.92 Å². The van der Waals surface area contributed by atoms with Crippen LogP contribution in [0.2, 0.25) is 0 Å². The number of anilines is 1. The standard InChI is InChI=1S/C14H13F2NO2/c1-2-18-11-7-4-8-12(14(11)17)19-10-6-3-5-9(15)13(10)16/h3-8H,2,17H2,1H3. The zero-order chi connectivity index (χ0) is 13.8. The molecule has 2 aromatic carbocycles. The first-order valence-corrected chi connectivity index (χ1v) is 5.76. The average Bonchev–Trinajstić information content (AvgIpc) is 2.40. The van der Waals surface area contributed by atoms with Crippen LogP contribution >= 0.6 is 0 Å². The molecular weight excluding hydrogens is 252 g/mol. The number of ether oxygens (including phenoxy) is 2. The largest absolute Gasteiger partial charge is 0.492 e. The molecule has 0 unspecified atom stereocenters. The molecule has 2 rings (SSSR count). The van der Waals surface area contributed by atoms with Gasteiger partial charge in [0.15, 0.2) is 17.3 Å².